The van der Waals surface area contributed by atoms with E-state index in [1.165, 1.54) is 0 Å². The van der Waals surface area contributed by atoms with E-state index in [2.05, 4.69) is 20.3 Å². The van der Waals surface area contributed by atoms with Crippen molar-refractivity contribution < 1.29 is 4.79 Å². The number of nitrogens with one attached hydrogen (secondary N) is 2. The highest BCUT2D eigenvalue weighted by atomic mass is 16.2. The van der Waals surface area contributed by atoms with E-state index < -0.39 is 0 Å². The number of amides is 1. The Balaban J connectivity index is 1.79. The second-order valence-corrected chi connectivity index (χ2v) is 6.64. The van der Waals surface area contributed by atoms with Crippen LogP contribution in [-0.2, 0) is 11.2 Å². The number of rotatable bonds is 5. The first kappa shape index (κ1) is 17.3. The maximum Gasteiger partial charge on any atom is 0.255 e. The van der Waals surface area contributed by atoms with Gasteiger partial charge in [0.1, 0.15) is 5.82 Å². The Labute approximate surface area is 146 Å². The van der Waals surface area contributed by atoms with Crippen LogP contribution in [0.25, 0.3) is 11.4 Å². The molecule has 2 aromatic heterocycles. The largest absolute Gasteiger partial charge is 0.349 e. The molecule has 132 valence electrons. The van der Waals surface area contributed by atoms with E-state index in [0.717, 1.165) is 31.2 Å². The quantitative estimate of drug-likeness (QED) is 0.753. The van der Waals surface area contributed by atoms with Crippen molar-refractivity contribution in [3.05, 3.63) is 46.1 Å². The third kappa shape index (κ3) is 3.76. The van der Waals surface area contributed by atoms with Crippen LogP contribution in [0.5, 0.6) is 0 Å². The van der Waals surface area contributed by atoms with Gasteiger partial charge in [-0.15, -0.1) is 0 Å². The lowest BCUT2D eigenvalue weighted by atomic mass is 9.97. The monoisotopic (exact) mass is 341 g/mol. The van der Waals surface area contributed by atoms with Gasteiger partial charge in [0.15, 0.2) is 0 Å². The fourth-order valence-electron chi connectivity index (χ4n) is 3.39. The van der Waals surface area contributed by atoms with Crippen molar-refractivity contribution in [2.24, 2.45) is 5.73 Å². The van der Waals surface area contributed by atoms with Crippen LogP contribution in [0, 0.1) is 6.92 Å². The first-order valence-electron chi connectivity index (χ1n) is 8.54. The highest BCUT2D eigenvalue weighted by Gasteiger charge is 2.34. The van der Waals surface area contributed by atoms with Gasteiger partial charge in [0.25, 0.3) is 5.56 Å². The van der Waals surface area contributed by atoms with E-state index in [-0.39, 0.29) is 23.4 Å². The molecule has 7 heteroatoms. The molecule has 1 amide bonds. The van der Waals surface area contributed by atoms with Crippen LogP contribution in [0.2, 0.25) is 0 Å². The molecule has 0 aromatic carbocycles. The molecular formula is C18H23N5O2. The molecule has 0 saturated heterocycles. The lowest BCUT2D eigenvalue weighted by molar-refractivity contribution is -0.122. The number of aryl methyl sites for hydroxylation is 1. The summed E-state index contributed by atoms with van der Waals surface area (Å²) in [6, 6.07) is 3.60. The van der Waals surface area contributed by atoms with Crippen LogP contribution in [0.1, 0.15) is 36.9 Å². The number of nitrogens with two attached hydrogens (primary N) is 1. The third-order valence-electron chi connectivity index (χ3n) is 4.85. The van der Waals surface area contributed by atoms with Gasteiger partial charge in [-0.3, -0.25) is 14.6 Å². The summed E-state index contributed by atoms with van der Waals surface area (Å²) in [6.45, 7) is 2.16. The van der Waals surface area contributed by atoms with Gasteiger partial charge in [-0.1, -0.05) is 12.8 Å². The molecule has 7 nitrogen and oxygen atoms in total. The number of H-pyrrole nitrogens is 1. The number of carbonyl (C=O) groups is 1. The summed E-state index contributed by atoms with van der Waals surface area (Å²) in [5.41, 5.74) is 6.90. The van der Waals surface area contributed by atoms with Gasteiger partial charge in [-0.2, -0.15) is 0 Å². The molecule has 0 radical (unpaired) electrons. The fourth-order valence-corrected chi connectivity index (χ4v) is 3.39. The van der Waals surface area contributed by atoms with E-state index in [9.17, 15) is 9.59 Å². The van der Waals surface area contributed by atoms with Gasteiger partial charge in [0, 0.05) is 35.8 Å². The predicted molar refractivity (Wildman–Crippen MR) is 94.9 cm³/mol. The van der Waals surface area contributed by atoms with Gasteiger partial charge in [0.2, 0.25) is 5.91 Å². The fraction of sp³-hybridized carbons (Fsp3) is 0.444. The predicted octanol–water partition coefficient (Wildman–Crippen LogP) is 1.07. The van der Waals surface area contributed by atoms with Crippen LogP contribution >= 0.6 is 0 Å². The van der Waals surface area contributed by atoms with E-state index in [1.54, 1.807) is 25.4 Å². The summed E-state index contributed by atoms with van der Waals surface area (Å²) in [6.07, 6.45) is 7.21. The molecule has 1 fully saturated rings. The summed E-state index contributed by atoms with van der Waals surface area (Å²) >= 11 is 0. The zero-order chi connectivity index (χ0) is 17.9. The molecule has 0 unspecified atom stereocenters. The van der Waals surface area contributed by atoms with Crippen LogP contribution in [0.15, 0.2) is 29.3 Å². The van der Waals surface area contributed by atoms with Gasteiger partial charge < -0.3 is 16.0 Å². The lowest BCUT2D eigenvalue weighted by Crippen LogP contribution is -2.52. The van der Waals surface area contributed by atoms with Crippen molar-refractivity contribution in [3.63, 3.8) is 0 Å². The molecule has 25 heavy (non-hydrogen) atoms. The molecule has 1 aliphatic carbocycles. The van der Waals surface area contributed by atoms with Gasteiger partial charge in [0.05, 0.1) is 12.0 Å². The number of carbonyl (C=O) groups excluding carboxylic acids is 1. The Kier molecular flexibility index (Phi) is 4.94. The average molecular weight is 341 g/mol. The van der Waals surface area contributed by atoms with E-state index in [4.69, 9.17) is 5.73 Å². The number of aromatic amines is 1. The molecular weight excluding hydrogens is 318 g/mol. The second-order valence-electron chi connectivity index (χ2n) is 6.64. The normalized spacial score (nSPS) is 15.9. The Morgan fingerprint density at radius 3 is 2.76 bits per heavy atom. The zero-order valence-corrected chi connectivity index (χ0v) is 14.3. The maximum absolute atomic E-state index is 12.4. The molecule has 2 heterocycles. The van der Waals surface area contributed by atoms with Gasteiger partial charge in [-0.05, 0) is 31.9 Å². The molecule has 1 aliphatic rings. The summed E-state index contributed by atoms with van der Waals surface area (Å²) in [5, 5.41) is 3.04. The smallest absolute Gasteiger partial charge is 0.255 e. The number of aromatic nitrogens is 3. The first-order valence-corrected chi connectivity index (χ1v) is 8.54. The minimum absolute atomic E-state index is 0.00321. The summed E-state index contributed by atoms with van der Waals surface area (Å²) in [5.74, 6) is 0.269. The topological polar surface area (TPSA) is 114 Å². The van der Waals surface area contributed by atoms with Crippen LogP contribution in [0.3, 0.4) is 0 Å². The highest BCUT2D eigenvalue weighted by Crippen LogP contribution is 2.28. The second kappa shape index (κ2) is 7.14. The Bertz CT molecular complexity index is 810. The number of hydrogen-bond donors (Lipinski definition) is 3. The average Bonchev–Trinajstić information content (AvgIpc) is 3.07. The molecule has 0 spiro atoms. The Morgan fingerprint density at radius 1 is 1.40 bits per heavy atom. The summed E-state index contributed by atoms with van der Waals surface area (Å²) in [4.78, 5) is 36.1. The first-order chi connectivity index (χ1) is 12.0. The lowest BCUT2D eigenvalue weighted by Gasteiger charge is -2.28. The summed E-state index contributed by atoms with van der Waals surface area (Å²) in [7, 11) is 0. The van der Waals surface area contributed by atoms with Crippen LogP contribution < -0.4 is 16.6 Å². The van der Waals surface area contributed by atoms with Crippen LogP contribution in [0.4, 0.5) is 0 Å². The minimum atomic E-state index is -0.319. The highest BCUT2D eigenvalue weighted by molar-refractivity contribution is 5.79. The number of nitrogens with zero attached hydrogens (tertiary/aromatic N) is 2. The van der Waals surface area contributed by atoms with Crippen molar-refractivity contribution in [1.29, 1.82) is 0 Å². The number of pyridine rings is 1. The molecule has 4 N–H and O–H groups in total. The van der Waals surface area contributed by atoms with E-state index in [0.29, 0.717) is 23.6 Å². The van der Waals surface area contributed by atoms with Crippen molar-refractivity contribution >= 4 is 5.91 Å². The maximum atomic E-state index is 12.4. The Hall–Kier alpha value is -2.54. The number of hydrogen-bond acceptors (Lipinski definition) is 5. The third-order valence-corrected chi connectivity index (χ3v) is 4.85. The molecule has 1 saturated carbocycles. The van der Waals surface area contributed by atoms with E-state index in [1.807, 2.05) is 6.07 Å². The Morgan fingerprint density at radius 2 is 2.16 bits per heavy atom. The summed E-state index contributed by atoms with van der Waals surface area (Å²) < 4.78 is 0. The van der Waals surface area contributed by atoms with Gasteiger partial charge >= 0.3 is 0 Å². The van der Waals surface area contributed by atoms with Crippen molar-refractivity contribution in [3.8, 4) is 11.4 Å². The van der Waals surface area contributed by atoms with Gasteiger partial charge in [-0.25, -0.2) is 4.98 Å². The molecule has 3 rings (SSSR count). The SMILES string of the molecule is Cc1nc(-c2cccnc2)[nH]c(=O)c1CC(=O)NC1(CN)CCCC1. The molecule has 0 bridgehead atoms. The molecule has 0 atom stereocenters. The van der Waals surface area contributed by atoms with E-state index >= 15 is 0 Å². The minimum Gasteiger partial charge on any atom is -0.349 e. The van der Waals surface area contributed by atoms with Crippen molar-refractivity contribution in [2.75, 3.05) is 6.54 Å². The molecule has 2 aromatic rings. The van der Waals surface area contributed by atoms with Crippen LogP contribution in [-0.4, -0.2) is 32.9 Å². The van der Waals surface area contributed by atoms with Crippen molar-refractivity contribution in [2.45, 2.75) is 44.6 Å². The standard InChI is InChI=1S/C18H23N5O2/c1-12-14(9-15(24)23-18(11-19)6-2-3-7-18)17(25)22-16(21-12)13-5-4-8-20-10-13/h4-5,8,10H,2-3,6-7,9,11,19H2,1H3,(H,23,24)(H,21,22,25). The van der Waals surface area contributed by atoms with Crippen molar-refractivity contribution in [1.82, 2.24) is 20.3 Å². The zero-order valence-electron chi connectivity index (χ0n) is 14.3. The molecule has 0 aliphatic heterocycles.